The van der Waals surface area contributed by atoms with Crippen molar-refractivity contribution in [1.29, 1.82) is 0 Å². The molecule has 0 saturated heterocycles. The predicted molar refractivity (Wildman–Crippen MR) is 106 cm³/mol. The zero-order chi connectivity index (χ0) is 18.7. The van der Waals surface area contributed by atoms with E-state index in [0.29, 0.717) is 23.7 Å². The number of rotatable bonds is 4. The summed E-state index contributed by atoms with van der Waals surface area (Å²) in [6.07, 6.45) is 5.87. The van der Waals surface area contributed by atoms with E-state index in [4.69, 9.17) is 0 Å². The fourth-order valence-corrected chi connectivity index (χ4v) is 4.55. The molecule has 0 fully saturated rings. The van der Waals surface area contributed by atoms with E-state index in [1.807, 2.05) is 30.3 Å². The summed E-state index contributed by atoms with van der Waals surface area (Å²) in [5, 5.41) is 0. The van der Waals surface area contributed by atoms with Crippen molar-refractivity contribution in [3.8, 4) is 0 Å². The molecular formula is C21H19N3O2S. The normalized spacial score (nSPS) is 15.0. The van der Waals surface area contributed by atoms with Crippen LogP contribution in [-0.4, -0.2) is 30.5 Å². The first-order valence-corrected chi connectivity index (χ1v) is 10.2. The fourth-order valence-electron chi connectivity index (χ4n) is 3.13. The van der Waals surface area contributed by atoms with Crippen LogP contribution in [0, 0.1) is 0 Å². The van der Waals surface area contributed by atoms with Crippen LogP contribution in [0.25, 0.3) is 0 Å². The van der Waals surface area contributed by atoms with Crippen LogP contribution in [0.3, 0.4) is 0 Å². The monoisotopic (exact) mass is 377 g/mol. The van der Waals surface area contributed by atoms with Gasteiger partial charge in [-0.05, 0) is 47.9 Å². The SMILES string of the molecule is O=S(=O)(c1ccc(N=Cc2cccnc2)cc1)N1CCc2ccccc2C1. The van der Waals surface area contributed by atoms with Gasteiger partial charge in [-0.1, -0.05) is 30.3 Å². The number of fused-ring (bicyclic) bond motifs is 1. The van der Waals surface area contributed by atoms with Crippen LogP contribution < -0.4 is 0 Å². The quantitative estimate of drug-likeness (QED) is 0.653. The number of sulfonamides is 1. The molecule has 1 aliphatic heterocycles. The van der Waals surface area contributed by atoms with Crippen molar-refractivity contribution in [3.63, 3.8) is 0 Å². The van der Waals surface area contributed by atoms with Crippen LogP contribution in [0.5, 0.6) is 0 Å². The first-order valence-electron chi connectivity index (χ1n) is 8.74. The largest absolute Gasteiger partial charge is 0.264 e. The zero-order valence-electron chi connectivity index (χ0n) is 14.7. The molecule has 5 nitrogen and oxygen atoms in total. The molecule has 1 aliphatic rings. The molecule has 0 bridgehead atoms. The van der Waals surface area contributed by atoms with E-state index < -0.39 is 10.0 Å². The van der Waals surface area contributed by atoms with Gasteiger partial charge in [0.05, 0.1) is 10.6 Å². The van der Waals surface area contributed by atoms with Crippen LogP contribution in [0.1, 0.15) is 16.7 Å². The maximum Gasteiger partial charge on any atom is 0.243 e. The average molecular weight is 377 g/mol. The maximum atomic E-state index is 13.0. The van der Waals surface area contributed by atoms with Crippen LogP contribution in [0.2, 0.25) is 0 Å². The summed E-state index contributed by atoms with van der Waals surface area (Å²) in [6, 6.07) is 18.4. The van der Waals surface area contributed by atoms with Crippen molar-refractivity contribution in [2.45, 2.75) is 17.9 Å². The number of benzene rings is 2. The molecule has 2 aromatic carbocycles. The molecule has 0 radical (unpaired) electrons. The number of hydrogen-bond acceptors (Lipinski definition) is 4. The molecule has 0 aliphatic carbocycles. The highest BCUT2D eigenvalue weighted by atomic mass is 32.2. The van der Waals surface area contributed by atoms with Gasteiger partial charge in [0.15, 0.2) is 0 Å². The molecule has 0 saturated carbocycles. The van der Waals surface area contributed by atoms with Gasteiger partial charge >= 0.3 is 0 Å². The van der Waals surface area contributed by atoms with E-state index in [-0.39, 0.29) is 0 Å². The highest BCUT2D eigenvalue weighted by molar-refractivity contribution is 7.89. The van der Waals surface area contributed by atoms with Crippen molar-refractivity contribution in [2.24, 2.45) is 4.99 Å². The van der Waals surface area contributed by atoms with Crippen LogP contribution >= 0.6 is 0 Å². The molecule has 0 spiro atoms. The van der Waals surface area contributed by atoms with Gasteiger partial charge in [0.2, 0.25) is 10.0 Å². The number of aromatic nitrogens is 1. The summed E-state index contributed by atoms with van der Waals surface area (Å²) in [6.45, 7) is 0.916. The summed E-state index contributed by atoms with van der Waals surface area (Å²) >= 11 is 0. The Morgan fingerprint density at radius 1 is 0.963 bits per heavy atom. The van der Waals surface area contributed by atoms with Gasteiger partial charge in [0.1, 0.15) is 0 Å². The second kappa shape index (κ2) is 7.42. The van der Waals surface area contributed by atoms with Gasteiger partial charge in [-0.25, -0.2) is 8.42 Å². The molecule has 0 atom stereocenters. The number of pyridine rings is 1. The first kappa shape index (κ1) is 17.6. The number of aliphatic imine (C=N–C) groups is 1. The van der Waals surface area contributed by atoms with E-state index in [1.165, 1.54) is 5.56 Å². The number of hydrogen-bond donors (Lipinski definition) is 0. The van der Waals surface area contributed by atoms with Crippen molar-refractivity contribution < 1.29 is 8.42 Å². The van der Waals surface area contributed by atoms with Gasteiger partial charge in [0.25, 0.3) is 0 Å². The van der Waals surface area contributed by atoms with E-state index in [0.717, 1.165) is 17.5 Å². The van der Waals surface area contributed by atoms with Crippen LogP contribution in [0.15, 0.2) is 82.9 Å². The highest BCUT2D eigenvalue weighted by Crippen LogP contribution is 2.26. The molecule has 3 aromatic rings. The van der Waals surface area contributed by atoms with E-state index in [9.17, 15) is 8.42 Å². The second-order valence-corrected chi connectivity index (χ2v) is 8.33. The summed E-state index contributed by atoms with van der Waals surface area (Å²) in [5.74, 6) is 0. The molecule has 0 amide bonds. The molecule has 27 heavy (non-hydrogen) atoms. The minimum Gasteiger partial charge on any atom is -0.264 e. The lowest BCUT2D eigenvalue weighted by Crippen LogP contribution is -2.35. The van der Waals surface area contributed by atoms with Crippen molar-refractivity contribution in [3.05, 3.63) is 89.7 Å². The van der Waals surface area contributed by atoms with Crippen molar-refractivity contribution >= 4 is 21.9 Å². The zero-order valence-corrected chi connectivity index (χ0v) is 15.5. The van der Waals surface area contributed by atoms with E-state index in [2.05, 4.69) is 16.0 Å². The first-order chi connectivity index (χ1) is 13.1. The standard InChI is InChI=1S/C21H19N3O2S/c25-27(26,24-13-11-18-5-1-2-6-19(18)16-24)21-9-7-20(8-10-21)23-15-17-4-3-12-22-14-17/h1-10,12,14-15H,11,13,16H2. The molecular weight excluding hydrogens is 358 g/mol. The Morgan fingerprint density at radius 3 is 2.48 bits per heavy atom. The lowest BCUT2D eigenvalue weighted by Gasteiger charge is -2.28. The second-order valence-electron chi connectivity index (χ2n) is 6.40. The Bertz CT molecular complexity index is 1060. The van der Waals surface area contributed by atoms with Gasteiger partial charge in [0, 0.05) is 37.3 Å². The molecule has 1 aromatic heterocycles. The fraction of sp³-hybridized carbons (Fsp3) is 0.143. The Morgan fingerprint density at radius 2 is 1.74 bits per heavy atom. The average Bonchev–Trinajstić information content (AvgIpc) is 2.73. The van der Waals surface area contributed by atoms with E-state index >= 15 is 0 Å². The van der Waals surface area contributed by atoms with Gasteiger partial charge < -0.3 is 0 Å². The van der Waals surface area contributed by atoms with Crippen LogP contribution in [-0.2, 0) is 23.0 Å². The summed E-state index contributed by atoms with van der Waals surface area (Å²) in [5.41, 5.74) is 3.89. The minimum atomic E-state index is -3.52. The Balaban J connectivity index is 1.52. The smallest absolute Gasteiger partial charge is 0.243 e. The Kier molecular flexibility index (Phi) is 4.83. The molecule has 4 rings (SSSR count). The minimum absolute atomic E-state index is 0.294. The van der Waals surface area contributed by atoms with Crippen molar-refractivity contribution in [2.75, 3.05) is 6.54 Å². The molecule has 0 unspecified atom stereocenters. The van der Waals surface area contributed by atoms with Crippen LogP contribution in [0.4, 0.5) is 5.69 Å². The molecule has 6 heteroatoms. The van der Waals surface area contributed by atoms with Gasteiger partial charge in [-0.15, -0.1) is 0 Å². The molecule has 2 heterocycles. The van der Waals surface area contributed by atoms with Crippen molar-refractivity contribution in [1.82, 2.24) is 9.29 Å². The highest BCUT2D eigenvalue weighted by Gasteiger charge is 2.27. The molecule has 136 valence electrons. The third-order valence-corrected chi connectivity index (χ3v) is 6.48. The summed E-state index contributed by atoms with van der Waals surface area (Å²) in [7, 11) is -3.52. The van der Waals surface area contributed by atoms with E-state index in [1.54, 1.807) is 47.2 Å². The third-order valence-electron chi connectivity index (χ3n) is 4.62. The number of nitrogens with zero attached hydrogens (tertiary/aromatic N) is 3. The third kappa shape index (κ3) is 3.82. The molecule has 0 N–H and O–H groups in total. The lowest BCUT2D eigenvalue weighted by atomic mass is 10.0. The summed E-state index contributed by atoms with van der Waals surface area (Å²) in [4.78, 5) is 8.70. The Labute approximate surface area is 159 Å². The maximum absolute atomic E-state index is 13.0. The topological polar surface area (TPSA) is 62.6 Å². The Hall–Kier alpha value is -2.83. The van der Waals surface area contributed by atoms with Gasteiger partial charge in [-0.2, -0.15) is 4.31 Å². The lowest BCUT2D eigenvalue weighted by molar-refractivity contribution is 0.391. The van der Waals surface area contributed by atoms with Gasteiger partial charge in [-0.3, -0.25) is 9.98 Å². The predicted octanol–water partition coefficient (Wildman–Crippen LogP) is 3.58. The summed E-state index contributed by atoms with van der Waals surface area (Å²) < 4.78 is 27.5.